The van der Waals surface area contributed by atoms with Crippen molar-refractivity contribution >= 4 is 69.9 Å². The van der Waals surface area contributed by atoms with Gasteiger partial charge in [-0.1, -0.05) is 78.4 Å². The maximum atomic E-state index is 13.7. The summed E-state index contributed by atoms with van der Waals surface area (Å²) in [7, 11) is 0. The van der Waals surface area contributed by atoms with Gasteiger partial charge in [0.2, 0.25) is 17.7 Å². The number of unbranched alkanes of at least 4 members (excludes halogenated alkanes) is 5. The summed E-state index contributed by atoms with van der Waals surface area (Å²) in [6, 6.07) is 26.6. The van der Waals surface area contributed by atoms with Crippen LogP contribution in [0.2, 0.25) is 10.0 Å². The number of amides is 5. The Morgan fingerprint density at radius 3 is 2.28 bits per heavy atom. The second-order valence-corrected chi connectivity index (χ2v) is 17.5. The zero-order chi connectivity index (χ0) is 47.4. The van der Waals surface area contributed by atoms with Crippen molar-refractivity contribution in [1.82, 2.24) is 45.3 Å². The molecular formula is C49H52Cl2N12O5. The highest BCUT2D eigenvalue weighted by molar-refractivity contribution is 6.38. The van der Waals surface area contributed by atoms with Crippen molar-refractivity contribution in [3.63, 3.8) is 0 Å². The van der Waals surface area contributed by atoms with Gasteiger partial charge in [-0.05, 0) is 79.9 Å². The lowest BCUT2D eigenvalue weighted by Crippen LogP contribution is -2.48. The number of carbonyl (C=O) groups excluding carboxylic acids is 5. The molecule has 0 spiro atoms. The number of imide groups is 1. The second-order valence-electron chi connectivity index (χ2n) is 16.7. The Bertz CT molecular complexity index is 2720. The van der Waals surface area contributed by atoms with Crippen molar-refractivity contribution in [3.05, 3.63) is 130 Å². The van der Waals surface area contributed by atoms with Gasteiger partial charge in [-0.2, -0.15) is 5.10 Å². The largest absolute Gasteiger partial charge is 0.374 e. The standard InChI is InChI=1S/C49H52Cl2N12O5/c50-39-29-40(51)38(28-37(39)41-14-9-10-22-52-41)47(66)55-44-30-43(58-63(44)36-12-6-5-7-13-36)48(67)53-31-34-32-62(59-57-34)23-11-4-2-1-3-8-15-46(65)61-26-24-60(25-27-61)35-18-16-33(17-19-35)54-42-20-21-45(64)56-49(42)68/h5-7,9-10,12-14,16-19,22,28-30,32,42,54H,1-4,8,11,15,20-21,23-27,31H2,(H,53,67)(H,55,66)(H,56,64,68). The number of para-hydroxylation sites is 1. The third kappa shape index (κ3) is 12.3. The highest BCUT2D eigenvalue weighted by Gasteiger charge is 2.27. The lowest BCUT2D eigenvalue weighted by molar-refractivity contribution is -0.134. The van der Waals surface area contributed by atoms with E-state index in [1.165, 1.54) is 16.8 Å². The van der Waals surface area contributed by atoms with Gasteiger partial charge in [0.15, 0.2) is 5.69 Å². The first-order valence-electron chi connectivity index (χ1n) is 22.9. The van der Waals surface area contributed by atoms with Crippen LogP contribution >= 0.6 is 23.2 Å². The number of piperazine rings is 1. The lowest BCUT2D eigenvalue weighted by Gasteiger charge is -2.36. The van der Waals surface area contributed by atoms with Crippen LogP contribution in [0.3, 0.4) is 0 Å². The van der Waals surface area contributed by atoms with Gasteiger partial charge in [-0.3, -0.25) is 39.0 Å². The molecule has 2 aliphatic rings. The number of carbonyl (C=O) groups is 5. The summed E-state index contributed by atoms with van der Waals surface area (Å²) in [6.07, 6.45) is 10.7. The van der Waals surface area contributed by atoms with Gasteiger partial charge in [-0.15, -0.1) is 5.10 Å². The highest BCUT2D eigenvalue weighted by atomic mass is 35.5. The van der Waals surface area contributed by atoms with E-state index in [-0.39, 0.29) is 46.4 Å². The summed E-state index contributed by atoms with van der Waals surface area (Å²) < 4.78 is 3.25. The van der Waals surface area contributed by atoms with Crippen molar-refractivity contribution in [2.45, 2.75) is 76.9 Å². The van der Waals surface area contributed by atoms with Crippen LogP contribution in [-0.4, -0.2) is 96.4 Å². The van der Waals surface area contributed by atoms with E-state index in [2.05, 4.69) is 46.6 Å². The van der Waals surface area contributed by atoms with Gasteiger partial charge in [0.05, 0.1) is 39.7 Å². The molecule has 4 N–H and O–H groups in total. The Morgan fingerprint density at radius 1 is 0.779 bits per heavy atom. The fourth-order valence-corrected chi connectivity index (χ4v) is 8.76. The number of hydrogen-bond donors (Lipinski definition) is 4. The molecule has 2 saturated heterocycles. The van der Waals surface area contributed by atoms with Crippen molar-refractivity contribution in [3.8, 4) is 16.9 Å². The molecule has 5 amide bonds. The van der Waals surface area contributed by atoms with Crippen LogP contribution in [0, 0.1) is 0 Å². The molecule has 352 valence electrons. The van der Waals surface area contributed by atoms with Crippen LogP contribution in [0.1, 0.15) is 84.3 Å². The first-order valence-corrected chi connectivity index (χ1v) is 23.6. The number of aromatic nitrogens is 6. The Labute approximate surface area is 403 Å². The molecule has 2 fully saturated rings. The first kappa shape index (κ1) is 47.4. The summed E-state index contributed by atoms with van der Waals surface area (Å²) in [5, 5.41) is 24.8. The van der Waals surface area contributed by atoms with Gasteiger partial charge < -0.3 is 25.8 Å². The molecule has 17 nitrogen and oxygen atoms in total. The molecule has 0 radical (unpaired) electrons. The average molecular weight is 960 g/mol. The zero-order valence-electron chi connectivity index (χ0n) is 37.4. The minimum atomic E-state index is -0.524. The Kier molecular flexibility index (Phi) is 15.7. The van der Waals surface area contributed by atoms with Crippen LogP contribution in [0.25, 0.3) is 16.9 Å². The molecule has 6 aromatic rings. The molecule has 0 aliphatic carbocycles. The number of pyridine rings is 1. The second kappa shape index (κ2) is 22.6. The predicted molar refractivity (Wildman–Crippen MR) is 260 cm³/mol. The maximum absolute atomic E-state index is 13.7. The van der Waals surface area contributed by atoms with Crippen molar-refractivity contribution in [2.24, 2.45) is 0 Å². The summed E-state index contributed by atoms with van der Waals surface area (Å²) in [4.78, 5) is 72.1. The Hall–Kier alpha value is -7.11. The maximum Gasteiger partial charge on any atom is 0.272 e. The number of anilines is 3. The van der Waals surface area contributed by atoms with E-state index in [1.807, 2.05) is 71.8 Å². The predicted octanol–water partition coefficient (Wildman–Crippen LogP) is 7.31. The highest BCUT2D eigenvalue weighted by Crippen LogP contribution is 2.33. The molecule has 2 aliphatic heterocycles. The number of rotatable bonds is 19. The summed E-state index contributed by atoms with van der Waals surface area (Å²) in [5.74, 6) is -1.05. The molecule has 3 aromatic heterocycles. The smallest absolute Gasteiger partial charge is 0.272 e. The molecule has 5 heterocycles. The number of piperidine rings is 1. The Morgan fingerprint density at radius 2 is 1.53 bits per heavy atom. The van der Waals surface area contributed by atoms with E-state index in [0.29, 0.717) is 66.6 Å². The fraction of sp³-hybridized carbons (Fsp3) is 0.327. The van der Waals surface area contributed by atoms with Crippen LogP contribution in [-0.2, 0) is 27.5 Å². The molecule has 8 rings (SSSR count). The van der Waals surface area contributed by atoms with E-state index in [9.17, 15) is 24.0 Å². The van der Waals surface area contributed by atoms with E-state index < -0.39 is 17.9 Å². The average Bonchev–Trinajstić information content (AvgIpc) is 4.00. The number of nitrogens with one attached hydrogen (secondary N) is 4. The monoisotopic (exact) mass is 958 g/mol. The molecule has 19 heteroatoms. The van der Waals surface area contributed by atoms with Crippen LogP contribution in [0.5, 0.6) is 0 Å². The number of halogens is 2. The molecule has 1 unspecified atom stereocenters. The third-order valence-electron chi connectivity index (χ3n) is 11.9. The number of nitrogens with zero attached hydrogens (tertiary/aromatic N) is 8. The van der Waals surface area contributed by atoms with Crippen molar-refractivity contribution in [2.75, 3.05) is 41.7 Å². The molecule has 0 saturated carbocycles. The molecule has 0 bridgehead atoms. The first-order chi connectivity index (χ1) is 33.1. The van der Waals surface area contributed by atoms with Gasteiger partial charge >= 0.3 is 0 Å². The van der Waals surface area contributed by atoms with E-state index in [4.69, 9.17) is 23.2 Å². The van der Waals surface area contributed by atoms with Gasteiger partial charge in [0, 0.05) is 74.8 Å². The quantitative estimate of drug-likeness (QED) is 0.0469. The summed E-state index contributed by atoms with van der Waals surface area (Å²) in [6.45, 7) is 3.72. The molecule has 3 aromatic carbocycles. The van der Waals surface area contributed by atoms with Gasteiger partial charge in [0.25, 0.3) is 11.8 Å². The van der Waals surface area contributed by atoms with Crippen LogP contribution in [0.4, 0.5) is 17.2 Å². The van der Waals surface area contributed by atoms with Crippen LogP contribution < -0.4 is 26.2 Å². The summed E-state index contributed by atoms with van der Waals surface area (Å²) in [5.41, 5.74) is 4.50. The van der Waals surface area contributed by atoms with E-state index >= 15 is 0 Å². The number of hydrogen-bond acceptors (Lipinski definition) is 11. The van der Waals surface area contributed by atoms with E-state index in [0.717, 1.165) is 63.0 Å². The third-order valence-corrected chi connectivity index (χ3v) is 12.5. The number of aryl methyl sites for hydroxylation is 1. The number of benzene rings is 3. The summed E-state index contributed by atoms with van der Waals surface area (Å²) >= 11 is 13.0. The van der Waals surface area contributed by atoms with Crippen LogP contribution in [0.15, 0.2) is 103 Å². The molecule has 68 heavy (non-hydrogen) atoms. The van der Waals surface area contributed by atoms with Crippen molar-refractivity contribution < 1.29 is 24.0 Å². The zero-order valence-corrected chi connectivity index (χ0v) is 38.9. The van der Waals surface area contributed by atoms with E-state index in [1.54, 1.807) is 29.1 Å². The normalized spacial score (nSPS) is 14.9. The minimum absolute atomic E-state index is 0.0826. The van der Waals surface area contributed by atoms with Crippen molar-refractivity contribution in [1.29, 1.82) is 0 Å². The van der Waals surface area contributed by atoms with Gasteiger partial charge in [0.1, 0.15) is 17.6 Å². The van der Waals surface area contributed by atoms with Gasteiger partial charge in [-0.25, -0.2) is 4.68 Å². The Balaban J connectivity index is 0.725. The fourth-order valence-electron chi connectivity index (χ4n) is 8.19. The minimum Gasteiger partial charge on any atom is -0.374 e. The molecular weight excluding hydrogens is 908 g/mol. The lowest BCUT2D eigenvalue weighted by atomic mass is 10.1. The topological polar surface area (TPSA) is 201 Å². The molecule has 1 atom stereocenters. The SMILES string of the molecule is O=C1CCC(Nc2ccc(N3CCN(C(=O)CCCCCCCCn4cc(CNC(=O)c5cc(NC(=O)c6cc(-c7ccccn7)c(Cl)cc6Cl)n(-c6ccccc6)n5)nn4)CC3)cc2)C(=O)N1.